The van der Waals surface area contributed by atoms with Gasteiger partial charge in [0.25, 0.3) is 0 Å². The van der Waals surface area contributed by atoms with Gasteiger partial charge in [-0.3, -0.25) is 4.90 Å². The largest absolute Gasteiger partial charge is 0.497 e. The van der Waals surface area contributed by atoms with E-state index in [0.29, 0.717) is 0 Å². The maximum Gasteiger partial charge on any atom is 0.125 e. The molecule has 4 nitrogen and oxygen atoms in total. The van der Waals surface area contributed by atoms with Gasteiger partial charge in [0.1, 0.15) is 11.5 Å². The molecule has 84 valence electrons. The first-order chi connectivity index (χ1) is 7.10. The topological polar surface area (TPSA) is 47.7 Å². The molecule has 0 spiro atoms. The molecule has 0 bridgehead atoms. The number of ether oxygens (including phenoxy) is 2. The van der Waals surface area contributed by atoms with Gasteiger partial charge >= 0.3 is 0 Å². The fourth-order valence-electron chi connectivity index (χ4n) is 1.35. The lowest BCUT2D eigenvalue weighted by Gasteiger charge is -2.22. The second-order valence-corrected chi connectivity index (χ2v) is 3.52. The monoisotopic (exact) mass is 210 g/mol. The van der Waals surface area contributed by atoms with Crippen LogP contribution in [0.2, 0.25) is 0 Å². The standard InChI is InChI=1S/C11H18N2O2/c1-13(2)11(12)9-7-8(14-3)5-6-10(9)15-4/h5-7,11H,12H2,1-4H3. The molecular weight excluding hydrogens is 192 g/mol. The van der Waals surface area contributed by atoms with Crippen molar-refractivity contribution >= 4 is 0 Å². The smallest absolute Gasteiger partial charge is 0.125 e. The summed E-state index contributed by atoms with van der Waals surface area (Å²) in [7, 11) is 7.10. The van der Waals surface area contributed by atoms with E-state index in [-0.39, 0.29) is 6.17 Å². The summed E-state index contributed by atoms with van der Waals surface area (Å²) in [4.78, 5) is 1.91. The molecule has 0 amide bonds. The van der Waals surface area contributed by atoms with Gasteiger partial charge in [0.2, 0.25) is 0 Å². The van der Waals surface area contributed by atoms with E-state index in [1.54, 1.807) is 14.2 Å². The Labute approximate surface area is 90.6 Å². The predicted octanol–water partition coefficient (Wildman–Crippen LogP) is 1.22. The van der Waals surface area contributed by atoms with Crippen molar-refractivity contribution in [2.45, 2.75) is 6.17 Å². The second-order valence-electron chi connectivity index (χ2n) is 3.52. The Hall–Kier alpha value is -1.26. The summed E-state index contributed by atoms with van der Waals surface area (Å²) >= 11 is 0. The molecule has 0 aliphatic heterocycles. The van der Waals surface area contributed by atoms with E-state index >= 15 is 0 Å². The number of nitrogens with two attached hydrogens (primary N) is 1. The first kappa shape index (κ1) is 11.8. The van der Waals surface area contributed by atoms with Crippen molar-refractivity contribution < 1.29 is 9.47 Å². The Morgan fingerprint density at radius 3 is 2.33 bits per heavy atom. The molecule has 1 atom stereocenters. The SMILES string of the molecule is COc1ccc(OC)c(C(N)N(C)C)c1. The fourth-order valence-corrected chi connectivity index (χ4v) is 1.35. The highest BCUT2D eigenvalue weighted by atomic mass is 16.5. The van der Waals surface area contributed by atoms with Gasteiger partial charge in [0.15, 0.2) is 0 Å². The molecule has 0 saturated carbocycles. The zero-order chi connectivity index (χ0) is 11.4. The molecular formula is C11H18N2O2. The molecule has 1 aromatic carbocycles. The Balaban J connectivity index is 3.11. The molecule has 0 radical (unpaired) electrons. The third-order valence-corrected chi connectivity index (χ3v) is 2.31. The molecule has 4 heteroatoms. The molecule has 1 rings (SSSR count). The van der Waals surface area contributed by atoms with Gasteiger partial charge in [-0.25, -0.2) is 0 Å². The van der Waals surface area contributed by atoms with Crippen molar-refractivity contribution in [2.24, 2.45) is 5.73 Å². The van der Waals surface area contributed by atoms with Gasteiger partial charge < -0.3 is 15.2 Å². The number of benzene rings is 1. The van der Waals surface area contributed by atoms with E-state index in [0.717, 1.165) is 17.1 Å². The van der Waals surface area contributed by atoms with Crippen LogP contribution in [-0.4, -0.2) is 33.2 Å². The van der Waals surface area contributed by atoms with E-state index in [1.807, 2.05) is 37.2 Å². The van der Waals surface area contributed by atoms with Crippen LogP contribution in [-0.2, 0) is 0 Å². The number of rotatable bonds is 4. The van der Waals surface area contributed by atoms with Crippen LogP contribution in [0.5, 0.6) is 11.5 Å². The van der Waals surface area contributed by atoms with Crippen LogP contribution in [0, 0.1) is 0 Å². The first-order valence-electron chi connectivity index (χ1n) is 4.74. The molecule has 2 N–H and O–H groups in total. The van der Waals surface area contributed by atoms with Crippen LogP contribution < -0.4 is 15.2 Å². The van der Waals surface area contributed by atoms with Gasteiger partial charge in [0, 0.05) is 5.56 Å². The molecule has 0 aliphatic rings. The average molecular weight is 210 g/mol. The van der Waals surface area contributed by atoms with Crippen LogP contribution in [0.1, 0.15) is 11.7 Å². The van der Waals surface area contributed by atoms with Gasteiger partial charge in [0.05, 0.1) is 20.4 Å². The van der Waals surface area contributed by atoms with Crippen LogP contribution in [0.4, 0.5) is 0 Å². The van der Waals surface area contributed by atoms with Gasteiger partial charge in [-0.15, -0.1) is 0 Å². The summed E-state index contributed by atoms with van der Waals surface area (Å²) in [5.41, 5.74) is 6.95. The lowest BCUT2D eigenvalue weighted by Crippen LogP contribution is -2.27. The van der Waals surface area contributed by atoms with Crippen LogP contribution in [0.3, 0.4) is 0 Å². The van der Waals surface area contributed by atoms with Crippen LogP contribution in [0.25, 0.3) is 0 Å². The molecule has 15 heavy (non-hydrogen) atoms. The normalized spacial score (nSPS) is 12.7. The Morgan fingerprint density at radius 1 is 1.20 bits per heavy atom. The number of hydrogen-bond donors (Lipinski definition) is 1. The second kappa shape index (κ2) is 5.00. The summed E-state index contributed by atoms with van der Waals surface area (Å²) in [5, 5.41) is 0. The van der Waals surface area contributed by atoms with E-state index in [2.05, 4.69) is 0 Å². The van der Waals surface area contributed by atoms with Gasteiger partial charge in [-0.1, -0.05) is 0 Å². The highest BCUT2D eigenvalue weighted by Crippen LogP contribution is 2.28. The van der Waals surface area contributed by atoms with Crippen molar-refractivity contribution in [3.05, 3.63) is 23.8 Å². The van der Waals surface area contributed by atoms with Crippen molar-refractivity contribution in [3.63, 3.8) is 0 Å². The summed E-state index contributed by atoms with van der Waals surface area (Å²) in [5.74, 6) is 1.56. The number of methoxy groups -OCH3 is 2. The molecule has 0 saturated heterocycles. The van der Waals surface area contributed by atoms with Crippen molar-refractivity contribution in [2.75, 3.05) is 28.3 Å². The van der Waals surface area contributed by atoms with E-state index in [9.17, 15) is 0 Å². The van der Waals surface area contributed by atoms with Crippen molar-refractivity contribution in [1.82, 2.24) is 4.90 Å². The third-order valence-electron chi connectivity index (χ3n) is 2.31. The third kappa shape index (κ3) is 2.61. The Kier molecular flexibility index (Phi) is 3.94. The maximum atomic E-state index is 6.03. The average Bonchev–Trinajstić information content (AvgIpc) is 2.27. The quantitative estimate of drug-likeness (QED) is 0.759. The molecule has 1 aromatic rings. The lowest BCUT2D eigenvalue weighted by atomic mass is 10.1. The van der Waals surface area contributed by atoms with Gasteiger partial charge in [-0.2, -0.15) is 0 Å². The zero-order valence-corrected chi connectivity index (χ0v) is 9.65. The van der Waals surface area contributed by atoms with Crippen LogP contribution >= 0.6 is 0 Å². The summed E-state index contributed by atoms with van der Waals surface area (Å²) in [6, 6.07) is 5.60. The number of hydrogen-bond acceptors (Lipinski definition) is 4. The van der Waals surface area contributed by atoms with E-state index < -0.39 is 0 Å². The molecule has 0 aliphatic carbocycles. The molecule has 0 heterocycles. The Morgan fingerprint density at radius 2 is 1.87 bits per heavy atom. The summed E-state index contributed by atoms with van der Waals surface area (Å²) in [6.45, 7) is 0. The van der Waals surface area contributed by atoms with Crippen molar-refractivity contribution in [1.29, 1.82) is 0 Å². The lowest BCUT2D eigenvalue weighted by molar-refractivity contribution is 0.294. The predicted molar refractivity (Wildman–Crippen MR) is 60.2 cm³/mol. The maximum absolute atomic E-state index is 6.03. The highest BCUT2D eigenvalue weighted by molar-refractivity contribution is 5.41. The van der Waals surface area contributed by atoms with Crippen molar-refractivity contribution in [3.8, 4) is 11.5 Å². The van der Waals surface area contributed by atoms with E-state index in [1.165, 1.54) is 0 Å². The minimum Gasteiger partial charge on any atom is -0.497 e. The first-order valence-corrected chi connectivity index (χ1v) is 4.74. The summed E-state index contributed by atoms with van der Waals surface area (Å²) < 4.78 is 10.4. The molecule has 0 fully saturated rings. The van der Waals surface area contributed by atoms with Gasteiger partial charge in [-0.05, 0) is 32.3 Å². The molecule has 1 unspecified atom stereocenters. The van der Waals surface area contributed by atoms with Crippen LogP contribution in [0.15, 0.2) is 18.2 Å². The van der Waals surface area contributed by atoms with E-state index in [4.69, 9.17) is 15.2 Å². The highest BCUT2D eigenvalue weighted by Gasteiger charge is 2.14. The minimum absolute atomic E-state index is 0.199. The summed E-state index contributed by atoms with van der Waals surface area (Å²) in [6.07, 6.45) is -0.199. The molecule has 0 aromatic heterocycles. The fraction of sp³-hybridized carbons (Fsp3) is 0.455. The minimum atomic E-state index is -0.199. The zero-order valence-electron chi connectivity index (χ0n) is 9.65. The Bertz CT molecular complexity index is 326. The number of nitrogens with zero attached hydrogens (tertiary/aromatic N) is 1.